The van der Waals surface area contributed by atoms with E-state index in [9.17, 15) is 32.3 Å². The lowest BCUT2D eigenvalue weighted by Gasteiger charge is -2.19. The number of methoxy groups -OCH3 is 1. The van der Waals surface area contributed by atoms with Crippen LogP contribution in [-0.2, 0) is 24.7 Å². The van der Waals surface area contributed by atoms with E-state index in [1.165, 1.54) is 38.4 Å². The van der Waals surface area contributed by atoms with Crippen LogP contribution in [0.15, 0.2) is 48.5 Å². The predicted octanol–water partition coefficient (Wildman–Crippen LogP) is 2.79. The first-order chi connectivity index (χ1) is 22.2. The van der Waals surface area contributed by atoms with Crippen molar-refractivity contribution in [2.24, 2.45) is 0 Å². The van der Waals surface area contributed by atoms with Gasteiger partial charge in [-0.25, -0.2) is 4.79 Å². The fourth-order valence-electron chi connectivity index (χ4n) is 4.16. The molecule has 0 bridgehead atoms. The molecule has 1 unspecified atom stereocenters. The number of aromatic nitrogens is 3. The first kappa shape index (κ1) is 34.7. The van der Waals surface area contributed by atoms with Crippen LogP contribution in [0.2, 0.25) is 5.02 Å². The van der Waals surface area contributed by atoms with Crippen LogP contribution in [0.4, 0.5) is 30.8 Å². The van der Waals surface area contributed by atoms with Crippen molar-refractivity contribution in [3.63, 3.8) is 0 Å². The van der Waals surface area contributed by atoms with E-state index in [2.05, 4.69) is 41.0 Å². The maximum Gasteiger partial charge on any atom is 0.422 e. The van der Waals surface area contributed by atoms with Crippen LogP contribution in [0.5, 0.6) is 6.01 Å². The van der Waals surface area contributed by atoms with Gasteiger partial charge in [0.25, 0.3) is 5.91 Å². The first-order valence-corrected chi connectivity index (χ1v) is 14.3. The molecule has 250 valence electrons. The van der Waals surface area contributed by atoms with Crippen molar-refractivity contribution in [1.82, 2.24) is 30.5 Å². The van der Waals surface area contributed by atoms with Gasteiger partial charge in [0.15, 0.2) is 6.61 Å². The molecule has 1 aromatic heterocycles. The number of nitrogens with one attached hydrogen (secondary N) is 4. The molecule has 4 rings (SSSR count). The minimum atomic E-state index is -4.63. The largest absolute Gasteiger partial charge is 0.467 e. The standard InChI is InChI=1S/C29H30ClF3N8O6/c1-41(2)23(44)22(43)34-14-20(24(45)46-3)36-21(42)16-4-10-19(11-5-16)35-25-37-26(39-27(38-25)47-15-29(31,32)33)40-28(12-13-28)17-6-8-18(30)9-7-17/h4-11,20H,12-15H2,1-3H3,(H,34,43)(H,36,42)(H2,35,37,38,39,40). The monoisotopic (exact) mass is 678 g/mol. The maximum atomic E-state index is 12.9. The molecule has 1 fully saturated rings. The summed E-state index contributed by atoms with van der Waals surface area (Å²) in [4.78, 5) is 62.1. The number of hydrogen-bond acceptors (Lipinski definition) is 11. The van der Waals surface area contributed by atoms with Gasteiger partial charge < -0.3 is 35.6 Å². The molecule has 2 aromatic carbocycles. The Morgan fingerprint density at radius 1 is 0.979 bits per heavy atom. The van der Waals surface area contributed by atoms with Crippen molar-refractivity contribution < 1.29 is 41.8 Å². The number of amides is 3. The zero-order chi connectivity index (χ0) is 34.4. The van der Waals surface area contributed by atoms with Gasteiger partial charge in [-0.1, -0.05) is 23.7 Å². The Labute approximate surface area is 271 Å². The highest BCUT2D eigenvalue weighted by Gasteiger charge is 2.45. The average molecular weight is 679 g/mol. The van der Waals surface area contributed by atoms with Crippen LogP contribution in [0.1, 0.15) is 28.8 Å². The Bertz CT molecular complexity index is 1620. The molecule has 14 nitrogen and oxygen atoms in total. The lowest BCUT2D eigenvalue weighted by atomic mass is 10.1. The third-order valence-electron chi connectivity index (χ3n) is 6.74. The molecule has 47 heavy (non-hydrogen) atoms. The second-order valence-electron chi connectivity index (χ2n) is 10.5. The molecule has 1 heterocycles. The van der Waals surface area contributed by atoms with Crippen molar-refractivity contribution in [3.05, 3.63) is 64.7 Å². The summed E-state index contributed by atoms with van der Waals surface area (Å²) in [6.07, 6.45) is -3.21. The Kier molecular flexibility index (Phi) is 10.7. The molecular weight excluding hydrogens is 649 g/mol. The van der Waals surface area contributed by atoms with Crippen molar-refractivity contribution in [1.29, 1.82) is 0 Å². The van der Waals surface area contributed by atoms with Gasteiger partial charge in [0.05, 0.1) is 12.6 Å². The fourth-order valence-corrected chi connectivity index (χ4v) is 4.28. The number of halogens is 4. The van der Waals surface area contributed by atoms with Gasteiger partial charge in [-0.2, -0.15) is 28.1 Å². The summed E-state index contributed by atoms with van der Waals surface area (Å²) < 4.78 is 48.1. The fraction of sp³-hybridized carbons (Fsp3) is 0.345. The Morgan fingerprint density at radius 3 is 2.19 bits per heavy atom. The smallest absolute Gasteiger partial charge is 0.422 e. The highest BCUT2D eigenvalue weighted by atomic mass is 35.5. The summed E-state index contributed by atoms with van der Waals surface area (Å²) in [5.41, 5.74) is 0.790. The van der Waals surface area contributed by atoms with Crippen LogP contribution in [0, 0.1) is 0 Å². The highest BCUT2D eigenvalue weighted by molar-refractivity contribution is 6.34. The van der Waals surface area contributed by atoms with Gasteiger partial charge in [0, 0.05) is 36.9 Å². The molecule has 18 heteroatoms. The quantitative estimate of drug-likeness (QED) is 0.164. The van der Waals surface area contributed by atoms with Gasteiger partial charge in [0.2, 0.25) is 11.9 Å². The summed E-state index contributed by atoms with van der Waals surface area (Å²) in [6.45, 7) is -2.03. The molecule has 0 radical (unpaired) electrons. The Balaban J connectivity index is 1.47. The van der Waals surface area contributed by atoms with Crippen LogP contribution in [0.3, 0.4) is 0 Å². The lowest BCUT2D eigenvalue weighted by molar-refractivity contribution is -0.154. The van der Waals surface area contributed by atoms with Gasteiger partial charge >= 0.3 is 30.0 Å². The minimum Gasteiger partial charge on any atom is -0.467 e. The summed E-state index contributed by atoms with van der Waals surface area (Å²) in [6, 6.07) is 10.9. The lowest BCUT2D eigenvalue weighted by Crippen LogP contribution is -2.51. The third-order valence-corrected chi connectivity index (χ3v) is 6.99. The molecular formula is C29H30ClF3N8O6. The number of esters is 1. The second-order valence-corrected chi connectivity index (χ2v) is 11.0. The molecule has 0 aliphatic heterocycles. The van der Waals surface area contributed by atoms with E-state index in [1.807, 2.05) is 12.1 Å². The van der Waals surface area contributed by atoms with Crippen molar-refractivity contribution in [3.8, 4) is 6.01 Å². The summed E-state index contributed by atoms with van der Waals surface area (Å²) in [5.74, 6) is -3.56. The zero-order valence-corrected chi connectivity index (χ0v) is 26.0. The van der Waals surface area contributed by atoms with Crippen molar-refractivity contribution >= 4 is 52.9 Å². The van der Waals surface area contributed by atoms with E-state index in [-0.39, 0.29) is 17.5 Å². The summed E-state index contributed by atoms with van der Waals surface area (Å²) in [5, 5.41) is 11.3. The van der Waals surface area contributed by atoms with Crippen molar-refractivity contribution in [2.75, 3.05) is 45.0 Å². The second kappa shape index (κ2) is 14.5. The first-order valence-electron chi connectivity index (χ1n) is 13.9. The topological polar surface area (TPSA) is 177 Å². The molecule has 0 saturated heterocycles. The molecule has 0 spiro atoms. The molecule has 1 atom stereocenters. The van der Waals surface area contributed by atoms with Gasteiger partial charge in [-0.3, -0.25) is 14.4 Å². The van der Waals surface area contributed by atoms with E-state index in [1.54, 1.807) is 12.1 Å². The number of carbonyl (C=O) groups is 4. The predicted molar refractivity (Wildman–Crippen MR) is 162 cm³/mol. The Morgan fingerprint density at radius 2 is 1.62 bits per heavy atom. The van der Waals surface area contributed by atoms with E-state index in [0.717, 1.165) is 17.6 Å². The number of rotatable bonds is 12. The number of ether oxygens (including phenoxy) is 2. The molecule has 1 saturated carbocycles. The molecule has 4 N–H and O–H groups in total. The van der Waals surface area contributed by atoms with Gasteiger partial charge in [-0.15, -0.1) is 0 Å². The van der Waals surface area contributed by atoms with Crippen LogP contribution in [-0.4, -0.2) is 90.1 Å². The molecule has 3 amide bonds. The number of anilines is 3. The van der Waals surface area contributed by atoms with Crippen LogP contribution >= 0.6 is 11.6 Å². The van der Waals surface area contributed by atoms with Crippen LogP contribution < -0.4 is 26.0 Å². The normalized spacial score (nSPS) is 13.9. The Hall–Kier alpha value is -5.19. The van der Waals surface area contributed by atoms with E-state index in [0.29, 0.717) is 23.6 Å². The number of likely N-dealkylation sites (N-methyl/N-ethyl adjacent to an activating group) is 1. The zero-order valence-electron chi connectivity index (χ0n) is 25.3. The van der Waals surface area contributed by atoms with Crippen molar-refractivity contribution in [2.45, 2.75) is 30.6 Å². The molecule has 1 aliphatic rings. The number of alkyl halides is 3. The maximum absolute atomic E-state index is 12.9. The SMILES string of the molecule is COC(=O)C(CNC(=O)C(=O)N(C)C)NC(=O)c1ccc(Nc2nc(NC3(c4ccc(Cl)cc4)CC3)nc(OCC(F)(F)F)n2)cc1. The van der Waals surface area contributed by atoms with E-state index in [4.69, 9.17) is 16.3 Å². The third kappa shape index (κ3) is 9.65. The highest BCUT2D eigenvalue weighted by Crippen LogP contribution is 2.48. The summed E-state index contributed by atoms with van der Waals surface area (Å²) >= 11 is 6.01. The number of benzene rings is 2. The molecule has 1 aliphatic carbocycles. The van der Waals surface area contributed by atoms with Crippen LogP contribution in [0.25, 0.3) is 0 Å². The number of nitrogens with zero attached hydrogens (tertiary/aromatic N) is 4. The van der Waals surface area contributed by atoms with E-state index < -0.39 is 60.6 Å². The summed E-state index contributed by atoms with van der Waals surface area (Å²) in [7, 11) is 3.85. The van der Waals surface area contributed by atoms with E-state index >= 15 is 0 Å². The number of hydrogen-bond donors (Lipinski definition) is 4. The van der Waals surface area contributed by atoms with Gasteiger partial charge in [0.1, 0.15) is 6.04 Å². The van der Waals surface area contributed by atoms with Gasteiger partial charge in [-0.05, 0) is 54.8 Å². The minimum absolute atomic E-state index is 0.0312. The number of carbonyl (C=O) groups excluding carboxylic acids is 4. The average Bonchev–Trinajstić information content (AvgIpc) is 3.81. The molecule has 3 aromatic rings.